The molecule has 0 amide bonds. The van der Waals surface area contributed by atoms with Crippen molar-refractivity contribution in [2.45, 2.75) is 17.5 Å². The minimum Gasteiger partial charge on any atom is -0.385 e. The van der Waals surface area contributed by atoms with Gasteiger partial charge in [-0.15, -0.1) is 0 Å². The lowest BCUT2D eigenvalue weighted by atomic mass is 10.1. The van der Waals surface area contributed by atoms with Gasteiger partial charge in [-0.3, -0.25) is 4.57 Å². The van der Waals surface area contributed by atoms with E-state index in [9.17, 15) is 14.2 Å². The highest BCUT2D eigenvalue weighted by Gasteiger charge is 2.53. The zero-order valence-corrected chi connectivity index (χ0v) is 9.83. The second kappa shape index (κ2) is 5.19. The highest BCUT2D eigenvalue weighted by molar-refractivity contribution is 7.65. The minimum absolute atomic E-state index is 0.797. The van der Waals surface area contributed by atoms with Crippen molar-refractivity contribution in [2.24, 2.45) is 0 Å². The Morgan fingerprint density at radius 2 is 2.00 bits per heavy atom. The highest BCUT2D eigenvalue weighted by atomic mass is 31.2. The van der Waals surface area contributed by atoms with Crippen molar-refractivity contribution in [3.05, 3.63) is 24.4 Å². The van der Waals surface area contributed by atoms with Crippen molar-refractivity contribution >= 4 is 15.6 Å². The van der Waals surface area contributed by atoms with Crippen LogP contribution in [0.25, 0.3) is 0 Å². The average molecular weight is 268 g/mol. The maximum Gasteiger partial charge on any atom is 0.524 e. The second-order valence-electron chi connectivity index (χ2n) is 3.23. The molecule has 0 bridgehead atoms. The third-order valence-corrected chi connectivity index (χ3v) is 5.31. The molecule has 0 aromatic heterocycles. The van der Waals surface area contributed by atoms with Gasteiger partial charge < -0.3 is 20.2 Å². The molecule has 1 aliphatic heterocycles. The Balaban J connectivity index is 2.87. The van der Waals surface area contributed by atoms with Gasteiger partial charge in [0.25, 0.3) is 0 Å². The average Bonchev–Trinajstić information content (AvgIpc) is 2.16. The number of allylic oxidation sites excluding steroid dienone is 2. The molecule has 16 heavy (non-hydrogen) atoms. The van der Waals surface area contributed by atoms with Gasteiger partial charge in [0, 0.05) is 0 Å². The first kappa shape index (κ1) is 13.5. The van der Waals surface area contributed by atoms with E-state index in [-0.39, 0.29) is 0 Å². The van der Waals surface area contributed by atoms with Crippen LogP contribution in [0.1, 0.15) is 0 Å². The summed E-state index contributed by atoms with van der Waals surface area (Å²) in [5, 5.41) is 10.3. The van der Waals surface area contributed by atoms with Gasteiger partial charge in [-0.05, 0) is 16.8 Å². The summed E-state index contributed by atoms with van der Waals surface area (Å²) in [6, 6.07) is -0.797. The molecule has 5 N–H and O–H groups in total. The zero-order chi connectivity index (χ0) is 12.3. The topological polar surface area (TPSA) is 127 Å². The van der Waals surface area contributed by atoms with Crippen LogP contribution in [0.2, 0.25) is 0 Å². The van der Waals surface area contributed by atoms with E-state index in [0.717, 1.165) is 0 Å². The summed E-state index contributed by atoms with van der Waals surface area (Å²) in [5.41, 5.74) is 0. The molecule has 0 aromatic carbocycles. The number of rotatable bonds is 4. The fourth-order valence-corrected chi connectivity index (χ4v) is 3.38. The van der Waals surface area contributed by atoms with Crippen LogP contribution in [0, 0.1) is 0 Å². The summed E-state index contributed by atoms with van der Waals surface area (Å²) in [5.74, 6) is 0. The van der Waals surface area contributed by atoms with E-state index in [1.807, 2.05) is 0 Å². The first-order chi connectivity index (χ1) is 7.34. The van der Waals surface area contributed by atoms with Crippen molar-refractivity contribution in [1.29, 1.82) is 0 Å². The summed E-state index contributed by atoms with van der Waals surface area (Å²) in [7, 11) is -8.01. The minimum atomic E-state index is -4.84. The molecule has 0 fully saturated rings. The van der Waals surface area contributed by atoms with Gasteiger partial charge >= 0.3 is 21.0 Å². The molecule has 9 heteroatoms. The molecule has 0 aliphatic carbocycles. The summed E-state index contributed by atoms with van der Waals surface area (Å²) >= 11 is 0. The van der Waals surface area contributed by atoms with Crippen LogP contribution in [0.5, 0.6) is 0 Å². The Hall–Kier alpha value is -0.550. The van der Waals surface area contributed by atoms with Gasteiger partial charge in [0.15, 0.2) is 0 Å². The Morgan fingerprint density at radius 3 is 2.38 bits per heavy atom. The van der Waals surface area contributed by atoms with E-state index >= 15 is 0 Å². The van der Waals surface area contributed by atoms with Crippen LogP contribution in [0.4, 0.5) is 0 Å². The number of nitrogens with one attached hydrogen (secondary N) is 1. The van der Waals surface area contributed by atoms with Crippen molar-refractivity contribution in [3.63, 3.8) is 0 Å². The summed E-state index contributed by atoms with van der Waals surface area (Å²) in [4.78, 5) is 26.6. The van der Waals surface area contributed by atoms with Crippen LogP contribution in [0.3, 0.4) is 0 Å². The van der Waals surface area contributed by atoms with Gasteiger partial charge in [-0.2, -0.15) is 4.89 Å². The van der Waals surface area contributed by atoms with E-state index in [2.05, 4.69) is 5.32 Å². The van der Waals surface area contributed by atoms with Gasteiger partial charge in [-0.25, -0.2) is 0 Å². The first-order valence-electron chi connectivity index (χ1n) is 4.32. The molecule has 90 valence electrons. The Morgan fingerprint density at radius 1 is 1.38 bits per heavy atom. The van der Waals surface area contributed by atoms with E-state index in [0.29, 0.717) is 0 Å². The Labute approximate surface area is 92.5 Å². The predicted molar refractivity (Wildman–Crippen MR) is 56.9 cm³/mol. The number of aliphatic hydroxyl groups is 1. The molecular formula is C7H12NO6P2+. The highest BCUT2D eigenvalue weighted by Crippen LogP contribution is 2.53. The molecule has 4 unspecified atom stereocenters. The monoisotopic (exact) mass is 268 g/mol. The molecule has 1 rings (SSSR count). The Kier molecular flexibility index (Phi) is 4.38. The lowest BCUT2D eigenvalue weighted by Crippen LogP contribution is -2.42. The smallest absolute Gasteiger partial charge is 0.385 e. The fourth-order valence-electron chi connectivity index (χ4n) is 1.32. The molecule has 0 spiro atoms. The normalized spacial score (nSPS) is 24.8. The van der Waals surface area contributed by atoms with Gasteiger partial charge in [0.2, 0.25) is 0 Å². The lowest BCUT2D eigenvalue weighted by Gasteiger charge is -2.23. The second-order valence-corrected chi connectivity index (χ2v) is 6.54. The quantitative estimate of drug-likeness (QED) is 0.440. The maximum atomic E-state index is 11.0. The first-order valence-corrected chi connectivity index (χ1v) is 7.28. The SMILES string of the molecule is O=[P+](O)C(C(O)C1C=CC=CN1)P(=O)(O)O. The third-order valence-electron chi connectivity index (χ3n) is 2.06. The van der Waals surface area contributed by atoms with Crippen molar-refractivity contribution in [3.8, 4) is 0 Å². The van der Waals surface area contributed by atoms with Crippen LogP contribution in [-0.4, -0.2) is 37.3 Å². The number of dihydropyridines is 1. The summed E-state index contributed by atoms with van der Waals surface area (Å²) < 4.78 is 21.8. The van der Waals surface area contributed by atoms with Crippen LogP contribution in [-0.2, 0) is 9.13 Å². The molecule has 4 atom stereocenters. The van der Waals surface area contributed by atoms with Gasteiger partial charge in [-0.1, -0.05) is 12.2 Å². The molecular weight excluding hydrogens is 256 g/mol. The molecule has 0 saturated carbocycles. The molecule has 1 aliphatic rings. The van der Waals surface area contributed by atoms with E-state index in [4.69, 9.17) is 14.7 Å². The molecule has 0 aromatic rings. The van der Waals surface area contributed by atoms with Crippen molar-refractivity contribution in [1.82, 2.24) is 5.32 Å². The van der Waals surface area contributed by atoms with Crippen LogP contribution in [0.15, 0.2) is 24.4 Å². The van der Waals surface area contributed by atoms with Crippen LogP contribution < -0.4 is 5.32 Å². The van der Waals surface area contributed by atoms with E-state index in [1.165, 1.54) is 12.3 Å². The number of hydrogen-bond acceptors (Lipinski definition) is 4. The molecule has 1 heterocycles. The van der Waals surface area contributed by atoms with E-state index in [1.54, 1.807) is 12.2 Å². The molecule has 0 saturated heterocycles. The largest absolute Gasteiger partial charge is 0.524 e. The lowest BCUT2D eigenvalue weighted by molar-refractivity contribution is 0.152. The molecule has 0 radical (unpaired) electrons. The maximum absolute atomic E-state index is 11.0. The summed E-state index contributed by atoms with van der Waals surface area (Å²) in [6.45, 7) is 0. The van der Waals surface area contributed by atoms with Gasteiger partial charge in [0.05, 0.1) is 6.04 Å². The standard InChI is InChI=1S/C7H11NO6P2/c9-6(5-3-1-2-4-8-5)7(15(10)11)16(12,13)14/h1-9H,(H2-,10,11,12,13,14)/p+1. The fraction of sp³-hybridized carbons (Fsp3) is 0.429. The van der Waals surface area contributed by atoms with Gasteiger partial charge in [0.1, 0.15) is 6.10 Å². The number of aliphatic hydroxyl groups excluding tert-OH is 1. The third kappa shape index (κ3) is 3.22. The number of hydrogen-bond donors (Lipinski definition) is 5. The van der Waals surface area contributed by atoms with E-state index < -0.39 is 33.2 Å². The molecule has 7 nitrogen and oxygen atoms in total. The zero-order valence-electron chi connectivity index (χ0n) is 8.04. The predicted octanol–water partition coefficient (Wildman–Crippen LogP) is -0.373. The Bertz CT molecular complexity index is 375. The summed E-state index contributed by atoms with van der Waals surface area (Å²) in [6.07, 6.45) is 4.46. The van der Waals surface area contributed by atoms with Crippen molar-refractivity contribution in [2.75, 3.05) is 0 Å². The van der Waals surface area contributed by atoms with Crippen molar-refractivity contribution < 1.29 is 28.9 Å². The van der Waals surface area contributed by atoms with Crippen LogP contribution >= 0.6 is 15.6 Å².